The van der Waals surface area contributed by atoms with Gasteiger partial charge in [-0.1, -0.05) is 42.2 Å². The van der Waals surface area contributed by atoms with Gasteiger partial charge < -0.3 is 9.64 Å². The van der Waals surface area contributed by atoms with Gasteiger partial charge in [-0.25, -0.2) is 0 Å². The van der Waals surface area contributed by atoms with Crippen LogP contribution in [0.2, 0.25) is 0 Å². The quantitative estimate of drug-likeness (QED) is 0.498. The van der Waals surface area contributed by atoms with Crippen LogP contribution in [0, 0.1) is 17.3 Å². The van der Waals surface area contributed by atoms with E-state index in [9.17, 15) is 0 Å². The van der Waals surface area contributed by atoms with E-state index in [1.165, 1.54) is 29.7 Å². The molecule has 1 aliphatic rings. The molecule has 3 nitrogen and oxygen atoms in total. The minimum atomic E-state index is 0.0478. The molecule has 0 aromatic heterocycles. The number of nitrogens with zero attached hydrogens (tertiary/aromatic N) is 2. The molecule has 1 fully saturated rings. The van der Waals surface area contributed by atoms with Gasteiger partial charge in [0.05, 0.1) is 0 Å². The van der Waals surface area contributed by atoms with Crippen molar-refractivity contribution in [3.63, 3.8) is 0 Å². The molecule has 31 heavy (non-hydrogen) atoms. The van der Waals surface area contributed by atoms with E-state index in [1.807, 2.05) is 12.1 Å². The maximum atomic E-state index is 6.11. The number of benzene rings is 2. The van der Waals surface area contributed by atoms with Crippen LogP contribution < -0.4 is 9.64 Å². The lowest BCUT2D eigenvalue weighted by Gasteiger charge is -2.18. The van der Waals surface area contributed by atoms with Crippen LogP contribution in [0.5, 0.6) is 5.75 Å². The number of hydrogen-bond acceptors (Lipinski definition) is 3. The molecule has 0 N–H and O–H groups in total. The molecular formula is C28H36N2O. The van der Waals surface area contributed by atoms with Crippen molar-refractivity contribution < 1.29 is 4.74 Å². The Morgan fingerprint density at radius 1 is 1.03 bits per heavy atom. The Morgan fingerprint density at radius 2 is 1.77 bits per heavy atom. The number of anilines is 1. The Balaban J connectivity index is 1.50. The van der Waals surface area contributed by atoms with Gasteiger partial charge in [0.2, 0.25) is 0 Å². The zero-order valence-corrected chi connectivity index (χ0v) is 19.5. The Hall–Kier alpha value is -2.70. The molecule has 1 heterocycles. The van der Waals surface area contributed by atoms with Crippen molar-refractivity contribution in [2.45, 2.75) is 46.8 Å². The lowest BCUT2D eigenvalue weighted by Crippen LogP contribution is -2.17. The normalized spacial score (nSPS) is 14.2. The lowest BCUT2D eigenvalue weighted by molar-refractivity contribution is 0.304. The van der Waals surface area contributed by atoms with Crippen molar-refractivity contribution in [1.29, 1.82) is 0 Å². The van der Waals surface area contributed by atoms with Crippen LogP contribution in [-0.2, 0) is 13.2 Å². The van der Waals surface area contributed by atoms with Crippen molar-refractivity contribution in [2.75, 3.05) is 31.6 Å². The fraction of sp³-hybridized carbons (Fsp3) is 0.429. The van der Waals surface area contributed by atoms with E-state index in [0.29, 0.717) is 6.61 Å². The van der Waals surface area contributed by atoms with Gasteiger partial charge in [-0.15, -0.1) is 0 Å². The molecule has 0 atom stereocenters. The number of hydrogen-bond donors (Lipinski definition) is 0. The Kier molecular flexibility index (Phi) is 8.20. The van der Waals surface area contributed by atoms with Gasteiger partial charge in [-0.05, 0) is 82.1 Å². The van der Waals surface area contributed by atoms with Crippen LogP contribution in [-0.4, -0.2) is 31.6 Å². The zero-order chi connectivity index (χ0) is 22.1. The van der Waals surface area contributed by atoms with Crippen LogP contribution in [0.3, 0.4) is 0 Å². The van der Waals surface area contributed by atoms with Gasteiger partial charge in [-0.2, -0.15) is 0 Å². The highest BCUT2D eigenvalue weighted by molar-refractivity contribution is 5.49. The maximum Gasteiger partial charge on any atom is 0.120 e. The Labute approximate surface area is 188 Å². The second kappa shape index (κ2) is 11.1. The lowest BCUT2D eigenvalue weighted by atomic mass is 9.98. The van der Waals surface area contributed by atoms with Crippen LogP contribution >= 0.6 is 0 Å². The summed E-state index contributed by atoms with van der Waals surface area (Å²) in [5.41, 5.74) is 3.83. The third-order valence-corrected chi connectivity index (χ3v) is 5.20. The summed E-state index contributed by atoms with van der Waals surface area (Å²) in [6.07, 6.45) is 6.66. The van der Waals surface area contributed by atoms with Crippen molar-refractivity contribution in [3.8, 4) is 17.6 Å². The van der Waals surface area contributed by atoms with Crippen molar-refractivity contribution in [1.82, 2.24) is 4.90 Å². The fourth-order valence-corrected chi connectivity index (χ4v) is 3.64. The monoisotopic (exact) mass is 416 g/mol. The molecule has 3 rings (SSSR count). The number of ether oxygens (including phenoxy) is 1. The largest absolute Gasteiger partial charge is 0.489 e. The smallest absolute Gasteiger partial charge is 0.120 e. The maximum absolute atomic E-state index is 6.11. The zero-order valence-electron chi connectivity index (χ0n) is 19.5. The number of allylic oxidation sites excluding steroid dienone is 1. The van der Waals surface area contributed by atoms with Gasteiger partial charge >= 0.3 is 0 Å². The van der Waals surface area contributed by atoms with Crippen LogP contribution in [0.4, 0.5) is 5.69 Å². The second-order valence-electron chi connectivity index (χ2n) is 9.42. The summed E-state index contributed by atoms with van der Waals surface area (Å²) in [4.78, 5) is 4.73. The summed E-state index contributed by atoms with van der Waals surface area (Å²) in [7, 11) is 2.12. The van der Waals surface area contributed by atoms with Crippen molar-refractivity contribution >= 4 is 5.69 Å². The van der Waals surface area contributed by atoms with Gasteiger partial charge in [0.1, 0.15) is 12.4 Å². The third kappa shape index (κ3) is 8.15. The van der Waals surface area contributed by atoms with Crippen LogP contribution in [0.15, 0.2) is 60.7 Å². The standard InChI is InChI=1S/C28H36N2O/c1-28(2,3)16-6-5-7-17-29(4)22-24-12-11-15-27(21-24)31-23-25-13-10-14-26(20-25)30-18-8-9-19-30/h5,7,10-15,20-21H,8-9,17-19,22-23H2,1-4H3. The first-order valence-electron chi connectivity index (χ1n) is 11.3. The van der Waals surface area contributed by atoms with E-state index in [1.54, 1.807) is 0 Å². The van der Waals surface area contributed by atoms with E-state index in [2.05, 4.69) is 98.0 Å². The molecular weight excluding hydrogens is 380 g/mol. The van der Waals surface area contributed by atoms with E-state index < -0.39 is 0 Å². The second-order valence-corrected chi connectivity index (χ2v) is 9.42. The summed E-state index contributed by atoms with van der Waals surface area (Å²) < 4.78 is 6.11. The average Bonchev–Trinajstić information content (AvgIpc) is 3.27. The molecule has 0 spiro atoms. The SMILES string of the molecule is CN(CC=CC#CC(C)(C)C)Cc1cccc(OCc2cccc(N3CCCC3)c2)c1. The average molecular weight is 417 g/mol. The first-order chi connectivity index (χ1) is 14.9. The Morgan fingerprint density at radius 3 is 2.55 bits per heavy atom. The van der Waals surface area contributed by atoms with Gasteiger partial charge in [-0.3, -0.25) is 4.90 Å². The summed E-state index contributed by atoms with van der Waals surface area (Å²) in [5.74, 6) is 7.27. The predicted molar refractivity (Wildman–Crippen MR) is 131 cm³/mol. The van der Waals surface area contributed by atoms with Gasteiger partial charge in [0, 0.05) is 37.3 Å². The molecule has 0 unspecified atom stereocenters. The fourth-order valence-electron chi connectivity index (χ4n) is 3.64. The molecule has 2 aromatic rings. The van der Waals surface area contributed by atoms with E-state index in [0.717, 1.165) is 31.9 Å². The minimum absolute atomic E-state index is 0.0478. The summed E-state index contributed by atoms with van der Waals surface area (Å²) in [5, 5.41) is 0. The first-order valence-corrected chi connectivity index (χ1v) is 11.3. The molecule has 164 valence electrons. The molecule has 1 saturated heterocycles. The highest BCUT2D eigenvalue weighted by Gasteiger charge is 2.12. The summed E-state index contributed by atoms with van der Waals surface area (Å²) in [6, 6.07) is 17.2. The minimum Gasteiger partial charge on any atom is -0.489 e. The van der Waals surface area contributed by atoms with Crippen LogP contribution in [0.25, 0.3) is 0 Å². The number of rotatable bonds is 8. The number of likely N-dealkylation sites (N-methyl/N-ethyl adjacent to an activating group) is 1. The van der Waals surface area contributed by atoms with Crippen LogP contribution in [0.1, 0.15) is 44.7 Å². The molecule has 2 aromatic carbocycles. The first kappa shape index (κ1) is 23.0. The molecule has 1 aliphatic heterocycles. The van der Waals surface area contributed by atoms with E-state index in [4.69, 9.17) is 4.74 Å². The topological polar surface area (TPSA) is 15.7 Å². The Bertz CT molecular complexity index is 924. The van der Waals surface area contributed by atoms with Crippen molar-refractivity contribution in [3.05, 3.63) is 71.8 Å². The molecule has 0 bridgehead atoms. The summed E-state index contributed by atoms with van der Waals surface area (Å²) >= 11 is 0. The molecule has 0 aliphatic carbocycles. The van der Waals surface area contributed by atoms with E-state index in [-0.39, 0.29) is 5.41 Å². The highest BCUT2D eigenvalue weighted by Crippen LogP contribution is 2.22. The van der Waals surface area contributed by atoms with Crippen molar-refractivity contribution in [2.24, 2.45) is 5.41 Å². The van der Waals surface area contributed by atoms with Gasteiger partial charge in [0.15, 0.2) is 0 Å². The molecule has 0 saturated carbocycles. The van der Waals surface area contributed by atoms with E-state index >= 15 is 0 Å². The third-order valence-electron chi connectivity index (χ3n) is 5.20. The highest BCUT2D eigenvalue weighted by atomic mass is 16.5. The molecule has 0 amide bonds. The summed E-state index contributed by atoms with van der Waals surface area (Å²) in [6.45, 7) is 11.0. The molecule has 3 heteroatoms. The predicted octanol–water partition coefficient (Wildman–Crippen LogP) is 5.90. The van der Waals surface area contributed by atoms with Gasteiger partial charge in [0.25, 0.3) is 0 Å². The molecule has 0 radical (unpaired) electrons.